The maximum absolute atomic E-state index is 13.9. The fraction of sp³-hybridized carbons (Fsp3) is 0.414. The van der Waals surface area contributed by atoms with E-state index in [1.807, 2.05) is 0 Å². The topological polar surface area (TPSA) is 167 Å². The third kappa shape index (κ3) is 4.36. The molecule has 7 N–H and O–H groups in total. The molecular formula is C29H30F3N3O6. The summed E-state index contributed by atoms with van der Waals surface area (Å²) < 4.78 is 39.7. The molecule has 9 nitrogen and oxygen atoms in total. The van der Waals surface area contributed by atoms with Gasteiger partial charge in [-0.15, -0.1) is 0 Å². The van der Waals surface area contributed by atoms with Gasteiger partial charge in [0.2, 0.25) is 0 Å². The van der Waals surface area contributed by atoms with Crippen LogP contribution in [0, 0.1) is 17.8 Å². The predicted molar refractivity (Wildman–Crippen MR) is 141 cm³/mol. The Kier molecular flexibility index (Phi) is 6.90. The number of ketones is 2. The molecule has 1 aromatic rings. The Balaban J connectivity index is 1.65. The Hall–Kier alpha value is -3.90. The van der Waals surface area contributed by atoms with E-state index in [1.54, 1.807) is 25.1 Å². The smallest absolute Gasteiger partial charge is 0.416 e. The first-order chi connectivity index (χ1) is 19.2. The highest BCUT2D eigenvalue weighted by Crippen LogP contribution is 2.52. The fourth-order valence-electron chi connectivity index (χ4n) is 6.97. The van der Waals surface area contributed by atoms with Gasteiger partial charge in [0.25, 0.3) is 5.91 Å². The van der Waals surface area contributed by atoms with Crippen molar-refractivity contribution in [2.75, 3.05) is 14.1 Å². The zero-order valence-electron chi connectivity index (χ0n) is 22.3. The van der Waals surface area contributed by atoms with E-state index >= 15 is 0 Å². The van der Waals surface area contributed by atoms with Crippen molar-refractivity contribution in [3.05, 3.63) is 69.0 Å². The van der Waals surface area contributed by atoms with E-state index in [-0.39, 0.29) is 48.3 Å². The molecule has 5 atom stereocenters. The summed E-state index contributed by atoms with van der Waals surface area (Å²) >= 11 is 0. The number of hydrogen-bond acceptors (Lipinski definition) is 8. The number of rotatable bonds is 4. The van der Waals surface area contributed by atoms with Crippen molar-refractivity contribution in [1.82, 2.24) is 4.90 Å². The van der Waals surface area contributed by atoms with Gasteiger partial charge in [0.05, 0.1) is 23.1 Å². The van der Waals surface area contributed by atoms with Crippen molar-refractivity contribution in [3.8, 4) is 5.75 Å². The normalized spacial score (nSPS) is 28.0. The van der Waals surface area contributed by atoms with Crippen molar-refractivity contribution in [2.45, 2.75) is 43.9 Å². The predicted octanol–water partition coefficient (Wildman–Crippen LogP) is 2.84. The van der Waals surface area contributed by atoms with Crippen LogP contribution in [-0.4, -0.2) is 64.0 Å². The number of benzene rings is 1. The zero-order chi connectivity index (χ0) is 30.1. The summed E-state index contributed by atoms with van der Waals surface area (Å²) in [7, 11) is 3.25. The van der Waals surface area contributed by atoms with E-state index < -0.39 is 76.0 Å². The number of halogens is 3. The maximum Gasteiger partial charge on any atom is 0.416 e. The number of aliphatic hydroxyl groups is 2. The van der Waals surface area contributed by atoms with Gasteiger partial charge in [-0.3, -0.25) is 19.3 Å². The summed E-state index contributed by atoms with van der Waals surface area (Å²) in [6, 6.07) is 0.732. The molecule has 0 spiro atoms. The fourth-order valence-corrected chi connectivity index (χ4v) is 6.97. The minimum absolute atomic E-state index is 0.0178. The SMILES string of the molecule is CN(C)[C@H]1C(O)=C(C(N)=O)C(=O)C2C(=O)C3=C(O)c4c(O)c(CN)cc(C5C=CC(C(F)(F)F)=CC5)c4CC3CC21. The maximum atomic E-state index is 13.9. The summed E-state index contributed by atoms with van der Waals surface area (Å²) in [4.78, 5) is 40.9. The number of aromatic hydroxyl groups is 1. The number of fused-ring (bicyclic) bond motifs is 3. The van der Waals surface area contributed by atoms with E-state index in [0.29, 0.717) is 11.1 Å². The van der Waals surface area contributed by atoms with Gasteiger partial charge in [0.15, 0.2) is 11.6 Å². The van der Waals surface area contributed by atoms with E-state index in [2.05, 4.69) is 0 Å². The van der Waals surface area contributed by atoms with Crippen molar-refractivity contribution >= 4 is 23.2 Å². The lowest BCUT2D eigenvalue weighted by Gasteiger charge is -2.46. The van der Waals surface area contributed by atoms with Crippen LogP contribution in [0.3, 0.4) is 0 Å². The first-order valence-corrected chi connectivity index (χ1v) is 13.1. The number of hydrogen-bond donors (Lipinski definition) is 5. The number of amides is 1. The third-order valence-electron chi connectivity index (χ3n) is 8.72. The molecule has 0 saturated heterocycles. The number of Topliss-reactive ketones (excluding diaryl/α,β-unsaturated/α-hetero) is 2. The number of carbonyl (C=O) groups is 3. The van der Waals surface area contributed by atoms with Crippen LogP contribution >= 0.6 is 0 Å². The molecule has 1 saturated carbocycles. The molecule has 1 aromatic carbocycles. The van der Waals surface area contributed by atoms with Crippen molar-refractivity contribution in [3.63, 3.8) is 0 Å². The van der Waals surface area contributed by atoms with Gasteiger partial charge in [-0.1, -0.05) is 18.2 Å². The van der Waals surface area contributed by atoms with Gasteiger partial charge in [0.1, 0.15) is 22.8 Å². The lowest BCUT2D eigenvalue weighted by atomic mass is 9.59. The number of likely N-dealkylation sites (N-methyl/N-ethyl adjacent to an activating group) is 1. The minimum atomic E-state index is -4.50. The molecule has 4 aliphatic carbocycles. The van der Waals surface area contributed by atoms with Crippen LogP contribution in [-0.2, 0) is 27.3 Å². The average Bonchev–Trinajstić information content (AvgIpc) is 2.87. The molecule has 0 bridgehead atoms. The van der Waals surface area contributed by atoms with Crippen molar-refractivity contribution in [1.29, 1.82) is 0 Å². The van der Waals surface area contributed by atoms with Gasteiger partial charge in [0, 0.05) is 23.6 Å². The molecule has 5 rings (SSSR count). The van der Waals surface area contributed by atoms with Gasteiger partial charge < -0.3 is 26.8 Å². The quantitative estimate of drug-likeness (QED) is 0.271. The number of aliphatic hydroxyl groups excluding tert-OH is 2. The average molecular weight is 574 g/mol. The van der Waals surface area contributed by atoms with Crippen LogP contribution in [0.5, 0.6) is 5.75 Å². The van der Waals surface area contributed by atoms with Gasteiger partial charge in [-0.25, -0.2) is 0 Å². The Morgan fingerprint density at radius 3 is 2.37 bits per heavy atom. The molecule has 0 radical (unpaired) electrons. The Morgan fingerprint density at radius 2 is 1.83 bits per heavy atom. The molecule has 0 aliphatic heterocycles. The van der Waals surface area contributed by atoms with Crippen molar-refractivity contribution < 1.29 is 42.9 Å². The number of alkyl halides is 3. The molecule has 1 amide bonds. The van der Waals surface area contributed by atoms with Gasteiger partial charge in [-0.2, -0.15) is 13.2 Å². The molecule has 12 heteroatoms. The number of allylic oxidation sites excluding steroid dienone is 5. The van der Waals surface area contributed by atoms with Crippen LogP contribution in [0.15, 0.2) is 46.8 Å². The monoisotopic (exact) mass is 573 g/mol. The standard InChI is InChI=1S/C29H30F3N3O6/c1-35(2)22-17-8-12-7-16-15(11-3-5-14(6-4-11)29(30,31)32)9-13(10-33)23(36)19(16)24(37)18(12)25(38)20(17)26(39)21(27(22)40)28(34)41/h3,5-6,9,11-12,17,20,22,36-37,40H,4,7-8,10,33H2,1-2H3,(H2,34,41)/t11?,12?,17?,20?,22-/m1/s1. The van der Waals surface area contributed by atoms with Crippen molar-refractivity contribution in [2.24, 2.45) is 29.2 Å². The lowest BCUT2D eigenvalue weighted by Crippen LogP contribution is -2.55. The second-order valence-electron chi connectivity index (χ2n) is 11.2. The highest BCUT2D eigenvalue weighted by atomic mass is 19.4. The van der Waals surface area contributed by atoms with Gasteiger partial charge >= 0.3 is 6.18 Å². The molecular weight excluding hydrogens is 543 g/mol. The molecule has 0 heterocycles. The number of nitrogens with zero attached hydrogens (tertiary/aromatic N) is 1. The molecule has 1 fully saturated rings. The Bertz CT molecular complexity index is 1500. The number of carbonyl (C=O) groups excluding carboxylic acids is 3. The van der Waals surface area contributed by atoms with E-state index in [9.17, 15) is 42.9 Å². The van der Waals surface area contributed by atoms with Crippen LogP contribution in [0.2, 0.25) is 0 Å². The van der Waals surface area contributed by atoms with Crippen LogP contribution in [0.25, 0.3) is 5.76 Å². The Labute approximate surface area is 233 Å². The minimum Gasteiger partial charge on any atom is -0.510 e. The molecule has 0 aromatic heterocycles. The van der Waals surface area contributed by atoms with Crippen LogP contribution in [0.1, 0.15) is 41.0 Å². The first-order valence-electron chi connectivity index (χ1n) is 13.1. The molecule has 41 heavy (non-hydrogen) atoms. The molecule has 4 aliphatic rings. The summed E-state index contributed by atoms with van der Waals surface area (Å²) in [6.45, 7) is -0.147. The number of phenols is 1. The highest BCUT2D eigenvalue weighted by Gasteiger charge is 2.56. The summed E-state index contributed by atoms with van der Waals surface area (Å²) in [5, 5.41) is 33.4. The molecule has 4 unspecified atom stereocenters. The highest BCUT2D eigenvalue weighted by molar-refractivity contribution is 6.28. The molecule has 218 valence electrons. The second-order valence-corrected chi connectivity index (χ2v) is 11.2. The van der Waals surface area contributed by atoms with Crippen LogP contribution in [0.4, 0.5) is 13.2 Å². The third-order valence-corrected chi connectivity index (χ3v) is 8.72. The van der Waals surface area contributed by atoms with Crippen LogP contribution < -0.4 is 11.5 Å². The summed E-state index contributed by atoms with van der Waals surface area (Å²) in [5.74, 6) is -7.51. The Morgan fingerprint density at radius 1 is 1.15 bits per heavy atom. The second kappa shape index (κ2) is 9.88. The number of phenolic OH excluding ortho intramolecular Hbond substituents is 1. The zero-order valence-corrected chi connectivity index (χ0v) is 22.3. The van der Waals surface area contributed by atoms with E-state index in [0.717, 1.165) is 12.2 Å². The first kappa shape index (κ1) is 28.6. The summed E-state index contributed by atoms with van der Waals surface area (Å²) in [6.07, 6.45) is -0.674. The largest absolute Gasteiger partial charge is 0.510 e. The number of nitrogens with two attached hydrogens (primary N) is 2. The lowest BCUT2D eigenvalue weighted by molar-refractivity contribution is -0.136. The van der Waals surface area contributed by atoms with E-state index in [4.69, 9.17) is 11.5 Å². The number of primary amides is 1. The van der Waals surface area contributed by atoms with Gasteiger partial charge in [-0.05, 0) is 62.4 Å². The summed E-state index contributed by atoms with van der Waals surface area (Å²) in [5.41, 5.74) is 11.0. The van der Waals surface area contributed by atoms with E-state index in [1.165, 1.54) is 6.08 Å².